The van der Waals surface area contributed by atoms with Crippen LogP contribution >= 0.6 is 0 Å². The first-order chi connectivity index (χ1) is 12.5. The van der Waals surface area contributed by atoms with E-state index in [2.05, 4.69) is 43.8 Å². The van der Waals surface area contributed by atoms with Crippen molar-refractivity contribution in [2.75, 3.05) is 39.0 Å². The molecular weight excluding hydrogens is 348 g/mol. The zero-order chi connectivity index (χ0) is 18.4. The van der Waals surface area contributed by atoms with Gasteiger partial charge in [0, 0.05) is 57.7 Å². The second-order valence-electron chi connectivity index (χ2n) is 6.72. The summed E-state index contributed by atoms with van der Waals surface area (Å²) in [5, 5.41) is 0. The first-order valence-electron chi connectivity index (χ1n) is 8.86. The van der Waals surface area contributed by atoms with E-state index in [1.807, 2.05) is 24.4 Å². The Morgan fingerprint density at radius 3 is 2.42 bits per heavy atom. The predicted octanol–water partition coefficient (Wildman–Crippen LogP) is 1.49. The Morgan fingerprint density at radius 1 is 1.08 bits per heavy atom. The van der Waals surface area contributed by atoms with Crippen molar-refractivity contribution >= 4 is 10.0 Å². The van der Waals surface area contributed by atoms with E-state index in [0.29, 0.717) is 6.54 Å². The standard InChI is InChI=1S/C19H26N4O2S/c1-26(24,25)21-15-19(18-8-5-9-20-14-18)23-12-10-22(11-13-23)16-17-6-3-2-4-7-17/h2-9,14,19,21H,10-13,15-16H2,1H3. The molecule has 1 unspecified atom stereocenters. The highest BCUT2D eigenvalue weighted by atomic mass is 32.2. The molecule has 1 N–H and O–H groups in total. The largest absolute Gasteiger partial charge is 0.297 e. The second-order valence-corrected chi connectivity index (χ2v) is 8.55. The van der Waals surface area contributed by atoms with Gasteiger partial charge in [0.1, 0.15) is 0 Å². The van der Waals surface area contributed by atoms with Gasteiger partial charge in [0.2, 0.25) is 10.0 Å². The number of hydrogen-bond acceptors (Lipinski definition) is 5. The SMILES string of the molecule is CS(=O)(=O)NCC(c1cccnc1)N1CCN(Cc2ccccc2)CC1. The molecule has 1 saturated heterocycles. The monoisotopic (exact) mass is 374 g/mol. The number of aromatic nitrogens is 1. The first-order valence-corrected chi connectivity index (χ1v) is 10.8. The van der Waals surface area contributed by atoms with E-state index in [-0.39, 0.29) is 6.04 Å². The zero-order valence-corrected chi connectivity index (χ0v) is 15.9. The smallest absolute Gasteiger partial charge is 0.208 e. The molecule has 0 aliphatic carbocycles. The van der Waals surface area contributed by atoms with Crippen LogP contribution in [0.3, 0.4) is 0 Å². The van der Waals surface area contributed by atoms with Gasteiger partial charge < -0.3 is 0 Å². The van der Waals surface area contributed by atoms with Crippen LogP contribution in [0.5, 0.6) is 0 Å². The lowest BCUT2D eigenvalue weighted by molar-refractivity contribution is 0.0927. The Morgan fingerprint density at radius 2 is 1.81 bits per heavy atom. The summed E-state index contributed by atoms with van der Waals surface area (Å²) in [6, 6.07) is 14.4. The van der Waals surface area contributed by atoms with Gasteiger partial charge in [0.05, 0.1) is 6.26 Å². The van der Waals surface area contributed by atoms with Crippen LogP contribution in [-0.2, 0) is 16.6 Å². The lowest BCUT2D eigenvalue weighted by Gasteiger charge is -2.39. The number of sulfonamides is 1. The predicted molar refractivity (Wildman–Crippen MR) is 103 cm³/mol. The molecule has 2 heterocycles. The van der Waals surface area contributed by atoms with Crippen LogP contribution < -0.4 is 4.72 Å². The van der Waals surface area contributed by atoms with Crippen LogP contribution in [0.4, 0.5) is 0 Å². The molecule has 0 amide bonds. The first kappa shape index (κ1) is 19.0. The maximum Gasteiger partial charge on any atom is 0.208 e. The number of nitrogens with one attached hydrogen (secondary N) is 1. The summed E-state index contributed by atoms with van der Waals surface area (Å²) in [5.74, 6) is 0. The van der Waals surface area contributed by atoms with Gasteiger partial charge in [-0.15, -0.1) is 0 Å². The van der Waals surface area contributed by atoms with Crippen molar-refractivity contribution in [3.63, 3.8) is 0 Å². The average Bonchev–Trinajstić information content (AvgIpc) is 2.64. The molecule has 1 fully saturated rings. The Bertz CT molecular complexity index is 776. The van der Waals surface area contributed by atoms with Crippen molar-refractivity contribution in [3.05, 3.63) is 66.0 Å². The Balaban J connectivity index is 1.63. The van der Waals surface area contributed by atoms with E-state index >= 15 is 0 Å². The fraction of sp³-hybridized carbons (Fsp3) is 0.421. The van der Waals surface area contributed by atoms with Gasteiger partial charge in [-0.3, -0.25) is 14.8 Å². The molecule has 2 aromatic rings. The minimum absolute atomic E-state index is 0.00250. The summed E-state index contributed by atoms with van der Waals surface area (Å²) in [6.07, 6.45) is 4.76. The molecular formula is C19H26N4O2S. The van der Waals surface area contributed by atoms with Crippen molar-refractivity contribution in [2.24, 2.45) is 0 Å². The van der Waals surface area contributed by atoms with Gasteiger partial charge in [-0.25, -0.2) is 13.1 Å². The summed E-state index contributed by atoms with van der Waals surface area (Å²) in [5.41, 5.74) is 2.36. The molecule has 0 radical (unpaired) electrons. The number of nitrogens with zero attached hydrogens (tertiary/aromatic N) is 3. The van der Waals surface area contributed by atoms with E-state index in [1.54, 1.807) is 6.20 Å². The molecule has 1 aromatic heterocycles. The number of hydrogen-bond donors (Lipinski definition) is 1. The summed E-state index contributed by atoms with van der Waals surface area (Å²) < 4.78 is 25.8. The summed E-state index contributed by atoms with van der Waals surface area (Å²) in [4.78, 5) is 8.99. The average molecular weight is 375 g/mol. The van der Waals surface area contributed by atoms with Crippen molar-refractivity contribution in [2.45, 2.75) is 12.6 Å². The van der Waals surface area contributed by atoms with Crippen molar-refractivity contribution < 1.29 is 8.42 Å². The van der Waals surface area contributed by atoms with Gasteiger partial charge in [-0.05, 0) is 17.2 Å². The second kappa shape index (κ2) is 8.73. The molecule has 140 valence electrons. The Hall–Kier alpha value is -1.80. The summed E-state index contributed by atoms with van der Waals surface area (Å²) in [6.45, 7) is 5.04. The number of benzene rings is 1. The van der Waals surface area contributed by atoms with Crippen LogP contribution in [0.15, 0.2) is 54.9 Å². The van der Waals surface area contributed by atoms with Gasteiger partial charge in [0.25, 0.3) is 0 Å². The topological polar surface area (TPSA) is 65.5 Å². The van der Waals surface area contributed by atoms with Crippen LogP contribution in [0.2, 0.25) is 0 Å². The highest BCUT2D eigenvalue weighted by molar-refractivity contribution is 7.88. The van der Waals surface area contributed by atoms with Gasteiger partial charge >= 0.3 is 0 Å². The van der Waals surface area contributed by atoms with Crippen LogP contribution in [-0.4, -0.2) is 62.2 Å². The van der Waals surface area contributed by atoms with E-state index in [4.69, 9.17) is 0 Å². The highest BCUT2D eigenvalue weighted by Gasteiger charge is 2.26. The van der Waals surface area contributed by atoms with Gasteiger partial charge in [-0.2, -0.15) is 0 Å². The lowest BCUT2D eigenvalue weighted by atomic mass is 10.1. The van der Waals surface area contributed by atoms with Crippen molar-refractivity contribution in [1.29, 1.82) is 0 Å². The van der Waals surface area contributed by atoms with Crippen molar-refractivity contribution in [3.8, 4) is 0 Å². The molecule has 0 spiro atoms. The molecule has 1 aliphatic heterocycles. The maximum atomic E-state index is 11.6. The number of piperazine rings is 1. The number of pyridine rings is 1. The van der Waals surface area contributed by atoms with Crippen molar-refractivity contribution in [1.82, 2.24) is 19.5 Å². The fourth-order valence-corrected chi connectivity index (χ4v) is 3.80. The van der Waals surface area contributed by atoms with E-state index in [9.17, 15) is 8.42 Å². The van der Waals surface area contributed by atoms with E-state index in [0.717, 1.165) is 38.3 Å². The minimum atomic E-state index is -3.22. The summed E-state index contributed by atoms with van der Waals surface area (Å²) >= 11 is 0. The maximum absolute atomic E-state index is 11.6. The minimum Gasteiger partial charge on any atom is -0.297 e. The van der Waals surface area contributed by atoms with Gasteiger partial charge in [0.15, 0.2) is 0 Å². The number of rotatable bonds is 7. The zero-order valence-electron chi connectivity index (χ0n) is 15.1. The Labute approximate surface area is 155 Å². The summed E-state index contributed by atoms with van der Waals surface area (Å²) in [7, 11) is -3.22. The molecule has 6 nitrogen and oxygen atoms in total. The molecule has 1 aliphatic rings. The lowest BCUT2D eigenvalue weighted by Crippen LogP contribution is -2.49. The third-order valence-corrected chi connectivity index (χ3v) is 5.40. The van der Waals surface area contributed by atoms with Crippen LogP contribution in [0.25, 0.3) is 0 Å². The Kier molecular flexibility index (Phi) is 6.37. The van der Waals surface area contributed by atoms with E-state index < -0.39 is 10.0 Å². The molecule has 1 atom stereocenters. The molecule has 3 rings (SSSR count). The molecule has 26 heavy (non-hydrogen) atoms. The normalized spacial score (nSPS) is 17.9. The molecule has 7 heteroatoms. The third kappa shape index (κ3) is 5.60. The molecule has 1 aromatic carbocycles. The quantitative estimate of drug-likeness (QED) is 0.795. The third-order valence-electron chi connectivity index (χ3n) is 4.70. The molecule has 0 saturated carbocycles. The van der Waals surface area contributed by atoms with Gasteiger partial charge in [-0.1, -0.05) is 36.4 Å². The highest BCUT2D eigenvalue weighted by Crippen LogP contribution is 2.21. The fourth-order valence-electron chi connectivity index (χ4n) is 3.34. The molecule has 0 bridgehead atoms. The van der Waals surface area contributed by atoms with Crippen LogP contribution in [0.1, 0.15) is 17.2 Å². The van der Waals surface area contributed by atoms with Crippen LogP contribution in [0, 0.1) is 0 Å². The van der Waals surface area contributed by atoms with E-state index in [1.165, 1.54) is 11.8 Å².